The maximum atomic E-state index is 13.3. The van der Waals surface area contributed by atoms with Crippen LogP contribution in [-0.4, -0.2) is 10.8 Å². The summed E-state index contributed by atoms with van der Waals surface area (Å²) in [6.45, 7) is 0. The van der Waals surface area contributed by atoms with E-state index in [0.29, 0.717) is 0 Å². The maximum absolute atomic E-state index is 13.3. The van der Waals surface area contributed by atoms with E-state index in [1.165, 1.54) is 24.3 Å². The molecule has 0 fully saturated rings. The van der Waals surface area contributed by atoms with Crippen LogP contribution in [0.2, 0.25) is 0 Å². The molecule has 0 unspecified atom stereocenters. The molecule has 2 aromatic rings. The Balaban J connectivity index is 2.22. The van der Waals surface area contributed by atoms with E-state index in [9.17, 15) is 19.3 Å². The zero-order valence-electron chi connectivity index (χ0n) is 10.5. The lowest BCUT2D eigenvalue weighted by molar-refractivity contribution is -0.383. The van der Waals surface area contributed by atoms with Crippen molar-refractivity contribution in [1.82, 2.24) is 0 Å². The van der Waals surface area contributed by atoms with Crippen LogP contribution in [-0.2, 0) is 0 Å². The van der Waals surface area contributed by atoms with Crippen molar-refractivity contribution >= 4 is 38.9 Å². The minimum absolute atomic E-state index is 0.116. The van der Waals surface area contributed by atoms with Crippen molar-refractivity contribution in [1.29, 1.82) is 0 Å². The minimum atomic E-state index is -0.638. The lowest BCUT2D eigenvalue weighted by Gasteiger charge is -2.07. The summed E-state index contributed by atoms with van der Waals surface area (Å²) in [5.41, 5.74) is 5.52. The van der Waals surface area contributed by atoms with Gasteiger partial charge >= 0.3 is 0 Å². The van der Waals surface area contributed by atoms with E-state index in [-0.39, 0.29) is 27.1 Å². The standard InChI is InChI=1S/C13H9BrFN3O3/c14-9-3-2-8(6-10(9)15)17-13(19)7-1-4-12(18(20)21)11(16)5-7/h1-6H,16H2,(H,17,19). The summed E-state index contributed by atoms with van der Waals surface area (Å²) in [7, 11) is 0. The van der Waals surface area contributed by atoms with Crippen LogP contribution in [0.25, 0.3) is 0 Å². The number of amides is 1. The normalized spacial score (nSPS) is 10.2. The highest BCUT2D eigenvalue weighted by Gasteiger charge is 2.15. The highest BCUT2D eigenvalue weighted by Crippen LogP contribution is 2.23. The predicted molar refractivity (Wildman–Crippen MR) is 79.6 cm³/mol. The number of hydrogen-bond donors (Lipinski definition) is 2. The third kappa shape index (κ3) is 3.34. The molecule has 2 rings (SSSR count). The summed E-state index contributed by atoms with van der Waals surface area (Å²) in [6.07, 6.45) is 0. The smallest absolute Gasteiger partial charge is 0.292 e. The zero-order chi connectivity index (χ0) is 15.6. The fourth-order valence-corrected chi connectivity index (χ4v) is 1.89. The quantitative estimate of drug-likeness (QED) is 0.502. The van der Waals surface area contributed by atoms with E-state index in [4.69, 9.17) is 5.73 Å². The number of nitrogens with one attached hydrogen (secondary N) is 1. The van der Waals surface area contributed by atoms with Crippen molar-refractivity contribution in [2.24, 2.45) is 0 Å². The van der Waals surface area contributed by atoms with Gasteiger partial charge in [-0.1, -0.05) is 0 Å². The van der Waals surface area contributed by atoms with Crippen molar-refractivity contribution < 1.29 is 14.1 Å². The largest absolute Gasteiger partial charge is 0.393 e. The van der Waals surface area contributed by atoms with Crippen LogP contribution >= 0.6 is 15.9 Å². The summed E-state index contributed by atoms with van der Waals surface area (Å²) < 4.78 is 13.6. The van der Waals surface area contributed by atoms with Gasteiger partial charge in [-0.2, -0.15) is 0 Å². The van der Waals surface area contributed by atoms with Gasteiger partial charge in [-0.05, 0) is 46.3 Å². The summed E-state index contributed by atoms with van der Waals surface area (Å²) >= 11 is 3.00. The average molecular weight is 354 g/mol. The maximum Gasteiger partial charge on any atom is 0.292 e. The van der Waals surface area contributed by atoms with Crippen LogP contribution in [0.5, 0.6) is 0 Å². The highest BCUT2D eigenvalue weighted by molar-refractivity contribution is 9.10. The van der Waals surface area contributed by atoms with Crippen molar-refractivity contribution in [3.05, 3.63) is 62.4 Å². The number of halogens is 2. The van der Waals surface area contributed by atoms with Gasteiger partial charge in [0.2, 0.25) is 0 Å². The molecule has 0 aliphatic rings. The number of nitrogen functional groups attached to an aromatic ring is 1. The Hall–Kier alpha value is -2.48. The summed E-state index contributed by atoms with van der Waals surface area (Å²) in [5, 5.41) is 13.1. The van der Waals surface area contributed by atoms with Gasteiger partial charge in [-0.15, -0.1) is 0 Å². The number of anilines is 2. The van der Waals surface area contributed by atoms with E-state index in [2.05, 4.69) is 21.2 Å². The van der Waals surface area contributed by atoms with Crippen molar-refractivity contribution in [3.8, 4) is 0 Å². The fourth-order valence-electron chi connectivity index (χ4n) is 1.64. The van der Waals surface area contributed by atoms with Crippen LogP contribution in [0.4, 0.5) is 21.5 Å². The second-order valence-electron chi connectivity index (χ2n) is 4.11. The van der Waals surface area contributed by atoms with E-state index in [0.717, 1.165) is 12.1 Å². The first-order chi connectivity index (χ1) is 9.88. The van der Waals surface area contributed by atoms with Gasteiger partial charge < -0.3 is 11.1 Å². The molecule has 8 heteroatoms. The molecule has 0 aliphatic heterocycles. The number of nitro benzene ring substituents is 1. The molecular weight excluding hydrogens is 345 g/mol. The number of nitrogens with zero attached hydrogens (tertiary/aromatic N) is 1. The number of rotatable bonds is 3. The number of carbonyl (C=O) groups excluding carboxylic acids is 1. The zero-order valence-corrected chi connectivity index (χ0v) is 12.1. The van der Waals surface area contributed by atoms with E-state index < -0.39 is 16.6 Å². The second-order valence-corrected chi connectivity index (χ2v) is 4.97. The van der Waals surface area contributed by atoms with Crippen molar-refractivity contribution in [2.75, 3.05) is 11.1 Å². The Bertz CT molecular complexity index is 737. The molecule has 0 radical (unpaired) electrons. The molecule has 108 valence electrons. The van der Waals surface area contributed by atoms with Crippen LogP contribution in [0.15, 0.2) is 40.9 Å². The lowest BCUT2D eigenvalue weighted by Crippen LogP contribution is -2.12. The minimum Gasteiger partial charge on any atom is -0.393 e. The lowest BCUT2D eigenvalue weighted by atomic mass is 10.1. The molecular formula is C13H9BrFN3O3. The first kappa shape index (κ1) is 14.9. The van der Waals surface area contributed by atoms with E-state index in [1.54, 1.807) is 0 Å². The van der Waals surface area contributed by atoms with Gasteiger partial charge in [-0.25, -0.2) is 4.39 Å². The first-order valence-corrected chi connectivity index (χ1v) is 6.48. The number of carbonyl (C=O) groups is 1. The van der Waals surface area contributed by atoms with Crippen LogP contribution in [0.3, 0.4) is 0 Å². The van der Waals surface area contributed by atoms with E-state index in [1.807, 2.05) is 0 Å². The molecule has 1 amide bonds. The molecule has 0 bridgehead atoms. The van der Waals surface area contributed by atoms with E-state index >= 15 is 0 Å². The van der Waals surface area contributed by atoms with Crippen LogP contribution < -0.4 is 11.1 Å². The predicted octanol–water partition coefficient (Wildman–Crippen LogP) is 3.33. The Morgan fingerprint density at radius 2 is 2.00 bits per heavy atom. The highest BCUT2D eigenvalue weighted by atomic mass is 79.9. The Morgan fingerprint density at radius 3 is 2.57 bits per heavy atom. The van der Waals surface area contributed by atoms with Gasteiger partial charge in [0.15, 0.2) is 0 Å². The van der Waals surface area contributed by atoms with Gasteiger partial charge in [0.05, 0.1) is 9.40 Å². The van der Waals surface area contributed by atoms with Crippen molar-refractivity contribution in [2.45, 2.75) is 0 Å². The Labute approximate surface area is 127 Å². The second kappa shape index (κ2) is 5.88. The monoisotopic (exact) mass is 353 g/mol. The molecule has 3 N–H and O–H groups in total. The third-order valence-corrected chi connectivity index (χ3v) is 3.31. The molecule has 0 saturated heterocycles. The Morgan fingerprint density at radius 1 is 1.29 bits per heavy atom. The first-order valence-electron chi connectivity index (χ1n) is 5.69. The molecule has 0 aliphatic carbocycles. The molecule has 6 nitrogen and oxygen atoms in total. The SMILES string of the molecule is Nc1cc(C(=O)Nc2ccc(Br)c(F)c2)ccc1[N+](=O)[O-]. The molecule has 0 atom stereocenters. The van der Waals surface area contributed by atoms with Crippen LogP contribution in [0.1, 0.15) is 10.4 Å². The average Bonchev–Trinajstić information content (AvgIpc) is 2.42. The molecule has 0 heterocycles. The number of hydrogen-bond acceptors (Lipinski definition) is 4. The Kier molecular flexibility index (Phi) is 4.18. The third-order valence-electron chi connectivity index (χ3n) is 2.66. The molecule has 0 saturated carbocycles. The van der Waals surface area contributed by atoms with Gasteiger partial charge in [-0.3, -0.25) is 14.9 Å². The summed E-state index contributed by atoms with van der Waals surface area (Å²) in [5.74, 6) is -1.06. The summed E-state index contributed by atoms with van der Waals surface area (Å²) in [6, 6.07) is 7.74. The molecule has 2 aromatic carbocycles. The summed E-state index contributed by atoms with van der Waals surface area (Å²) in [4.78, 5) is 22.0. The fraction of sp³-hybridized carbons (Fsp3) is 0. The number of benzene rings is 2. The van der Waals surface area contributed by atoms with Crippen LogP contribution in [0, 0.1) is 15.9 Å². The number of nitrogens with two attached hydrogens (primary N) is 1. The van der Waals surface area contributed by atoms with Gasteiger partial charge in [0, 0.05) is 17.3 Å². The molecule has 0 spiro atoms. The molecule has 0 aromatic heterocycles. The van der Waals surface area contributed by atoms with Gasteiger partial charge in [0.1, 0.15) is 11.5 Å². The van der Waals surface area contributed by atoms with Gasteiger partial charge in [0.25, 0.3) is 11.6 Å². The number of nitro groups is 1. The molecule has 21 heavy (non-hydrogen) atoms. The van der Waals surface area contributed by atoms with Crippen molar-refractivity contribution in [3.63, 3.8) is 0 Å². The topological polar surface area (TPSA) is 98.3 Å².